The molecule has 2 amide bonds. The number of halogens is 4. The summed E-state index contributed by atoms with van der Waals surface area (Å²) in [5, 5.41) is 2.23. The number of anilines is 2. The number of rotatable bonds is 5. The molecule has 1 aliphatic heterocycles. The summed E-state index contributed by atoms with van der Waals surface area (Å²) in [7, 11) is 0. The van der Waals surface area contributed by atoms with E-state index in [-0.39, 0.29) is 16.9 Å². The molecule has 184 valence electrons. The zero-order chi connectivity index (χ0) is 26.2. The van der Waals surface area contributed by atoms with E-state index in [2.05, 4.69) is 5.32 Å². The lowest BCUT2D eigenvalue weighted by atomic mass is 10.1. The minimum absolute atomic E-state index is 0.237. The summed E-state index contributed by atoms with van der Waals surface area (Å²) < 4.78 is 44.7. The SMILES string of the molecule is Cc1cccc(OC(=O)c2ccc(NC3=C(Cl)C(=O)N(c4cccc(C(F)(F)F)c4)C3=O)cc2)c1C. The third-order valence-corrected chi connectivity index (χ3v) is 5.96. The quantitative estimate of drug-likeness (QED) is 0.258. The van der Waals surface area contributed by atoms with E-state index >= 15 is 0 Å². The number of aryl methyl sites for hydroxylation is 1. The van der Waals surface area contributed by atoms with Crippen molar-refractivity contribution in [3.63, 3.8) is 0 Å². The molecule has 3 aromatic carbocycles. The predicted molar refractivity (Wildman–Crippen MR) is 128 cm³/mol. The molecule has 36 heavy (non-hydrogen) atoms. The molecule has 0 atom stereocenters. The van der Waals surface area contributed by atoms with E-state index in [9.17, 15) is 27.6 Å². The standard InChI is InChI=1S/C26H18ClF3N2O4/c1-14-5-3-8-20(15(14)2)36-25(35)16-9-11-18(12-10-16)31-22-21(27)23(33)32(24(22)34)19-7-4-6-17(13-19)26(28,29)30/h3-13,31H,1-2H3. The summed E-state index contributed by atoms with van der Waals surface area (Å²) in [6.07, 6.45) is -4.65. The van der Waals surface area contributed by atoms with Crippen molar-refractivity contribution in [3.05, 3.63) is 99.7 Å². The highest BCUT2D eigenvalue weighted by Gasteiger charge is 2.40. The molecule has 0 radical (unpaired) electrons. The molecule has 1 N–H and O–H groups in total. The van der Waals surface area contributed by atoms with Crippen molar-refractivity contribution < 1.29 is 32.3 Å². The van der Waals surface area contributed by atoms with Gasteiger partial charge in [-0.05, 0) is 73.5 Å². The highest BCUT2D eigenvalue weighted by atomic mass is 35.5. The molecule has 0 aromatic heterocycles. The molecule has 0 spiro atoms. The molecule has 3 aromatic rings. The molecule has 0 bridgehead atoms. The number of benzene rings is 3. The van der Waals surface area contributed by atoms with Crippen LogP contribution in [0, 0.1) is 13.8 Å². The van der Waals surface area contributed by atoms with Crippen LogP contribution in [0.2, 0.25) is 0 Å². The topological polar surface area (TPSA) is 75.7 Å². The molecule has 10 heteroatoms. The number of amides is 2. The van der Waals surface area contributed by atoms with Crippen LogP contribution in [-0.2, 0) is 15.8 Å². The second kappa shape index (κ2) is 9.50. The normalized spacial score (nSPS) is 13.9. The van der Waals surface area contributed by atoms with Crippen molar-refractivity contribution in [2.75, 3.05) is 10.2 Å². The molecule has 0 saturated carbocycles. The van der Waals surface area contributed by atoms with Crippen molar-refractivity contribution in [2.45, 2.75) is 20.0 Å². The Hall–Kier alpha value is -4.11. The summed E-state index contributed by atoms with van der Waals surface area (Å²) in [5.74, 6) is -2.03. The first-order valence-electron chi connectivity index (χ1n) is 10.6. The summed E-state index contributed by atoms with van der Waals surface area (Å²) in [6.45, 7) is 3.74. The summed E-state index contributed by atoms with van der Waals surface area (Å²) in [4.78, 5) is 38.5. The second-order valence-electron chi connectivity index (χ2n) is 7.97. The fraction of sp³-hybridized carbons (Fsp3) is 0.115. The van der Waals surface area contributed by atoms with Crippen LogP contribution in [-0.4, -0.2) is 17.8 Å². The van der Waals surface area contributed by atoms with Crippen molar-refractivity contribution in [1.29, 1.82) is 0 Å². The first-order chi connectivity index (χ1) is 17.0. The van der Waals surface area contributed by atoms with E-state index < -0.39 is 34.6 Å². The van der Waals surface area contributed by atoms with E-state index in [0.717, 1.165) is 23.3 Å². The van der Waals surface area contributed by atoms with E-state index in [1.165, 1.54) is 30.3 Å². The summed E-state index contributed by atoms with van der Waals surface area (Å²) in [6, 6.07) is 15.0. The van der Waals surface area contributed by atoms with Gasteiger partial charge < -0.3 is 10.1 Å². The number of esters is 1. The van der Waals surface area contributed by atoms with Gasteiger partial charge in [-0.15, -0.1) is 0 Å². The maximum absolute atomic E-state index is 13.1. The largest absolute Gasteiger partial charge is 0.423 e. The molecular formula is C26H18ClF3N2O4. The van der Waals surface area contributed by atoms with Gasteiger partial charge in [0.1, 0.15) is 16.5 Å². The van der Waals surface area contributed by atoms with E-state index in [1.54, 1.807) is 12.1 Å². The van der Waals surface area contributed by atoms with E-state index in [0.29, 0.717) is 22.4 Å². The van der Waals surface area contributed by atoms with Crippen LogP contribution >= 0.6 is 11.6 Å². The highest BCUT2D eigenvalue weighted by Crippen LogP contribution is 2.35. The number of hydrogen-bond donors (Lipinski definition) is 1. The molecule has 0 fully saturated rings. The number of alkyl halides is 3. The lowest BCUT2D eigenvalue weighted by Gasteiger charge is -2.17. The van der Waals surface area contributed by atoms with Crippen molar-refractivity contribution >= 4 is 40.8 Å². The first kappa shape index (κ1) is 25.0. The zero-order valence-electron chi connectivity index (χ0n) is 18.9. The number of nitrogens with one attached hydrogen (secondary N) is 1. The van der Waals surface area contributed by atoms with Gasteiger partial charge in [0.15, 0.2) is 0 Å². The van der Waals surface area contributed by atoms with Gasteiger partial charge in [-0.3, -0.25) is 9.59 Å². The Morgan fingerprint density at radius 3 is 2.28 bits per heavy atom. The van der Waals surface area contributed by atoms with Gasteiger partial charge in [-0.2, -0.15) is 13.2 Å². The summed E-state index contributed by atoms with van der Waals surface area (Å²) >= 11 is 6.06. The number of imide groups is 1. The Bertz CT molecular complexity index is 1420. The summed E-state index contributed by atoms with van der Waals surface area (Å²) in [5.41, 5.74) is 0.783. The Balaban J connectivity index is 1.50. The van der Waals surface area contributed by atoms with Crippen LogP contribution in [0.15, 0.2) is 77.5 Å². The number of hydrogen-bond acceptors (Lipinski definition) is 5. The second-order valence-corrected chi connectivity index (χ2v) is 8.35. The van der Waals surface area contributed by atoms with Crippen LogP contribution < -0.4 is 15.0 Å². The van der Waals surface area contributed by atoms with Crippen molar-refractivity contribution in [2.24, 2.45) is 0 Å². The fourth-order valence-corrected chi connectivity index (χ4v) is 3.71. The van der Waals surface area contributed by atoms with Crippen molar-refractivity contribution in [3.8, 4) is 5.75 Å². The number of carbonyl (C=O) groups excluding carboxylic acids is 3. The molecule has 4 rings (SSSR count). The van der Waals surface area contributed by atoms with E-state index in [1.807, 2.05) is 19.9 Å². The van der Waals surface area contributed by atoms with Gasteiger partial charge in [-0.1, -0.05) is 29.8 Å². The molecule has 1 aliphatic rings. The maximum Gasteiger partial charge on any atom is 0.416 e. The van der Waals surface area contributed by atoms with E-state index in [4.69, 9.17) is 16.3 Å². The molecule has 6 nitrogen and oxygen atoms in total. The third kappa shape index (κ3) is 4.83. The van der Waals surface area contributed by atoms with Gasteiger partial charge >= 0.3 is 12.1 Å². The van der Waals surface area contributed by atoms with Gasteiger partial charge in [0.25, 0.3) is 11.8 Å². The Morgan fingerprint density at radius 2 is 1.61 bits per heavy atom. The van der Waals surface area contributed by atoms with Gasteiger partial charge in [0.2, 0.25) is 0 Å². The highest BCUT2D eigenvalue weighted by molar-refractivity contribution is 6.53. The average molecular weight is 515 g/mol. The molecule has 1 heterocycles. The van der Waals surface area contributed by atoms with Crippen LogP contribution in [0.1, 0.15) is 27.0 Å². The van der Waals surface area contributed by atoms with Gasteiger partial charge in [0, 0.05) is 5.69 Å². The Kier molecular flexibility index (Phi) is 6.60. The maximum atomic E-state index is 13.1. The van der Waals surface area contributed by atoms with Crippen LogP contribution in [0.3, 0.4) is 0 Å². The molecular weight excluding hydrogens is 497 g/mol. The van der Waals surface area contributed by atoms with Crippen LogP contribution in [0.25, 0.3) is 0 Å². The van der Waals surface area contributed by atoms with Gasteiger partial charge in [-0.25, -0.2) is 9.69 Å². The van der Waals surface area contributed by atoms with Gasteiger partial charge in [0.05, 0.1) is 16.8 Å². The fourth-order valence-electron chi connectivity index (χ4n) is 3.49. The molecule has 0 saturated heterocycles. The molecule has 0 unspecified atom stereocenters. The number of nitrogens with zero attached hydrogens (tertiary/aromatic N) is 1. The lowest BCUT2D eigenvalue weighted by Crippen LogP contribution is -2.32. The van der Waals surface area contributed by atoms with Crippen molar-refractivity contribution in [1.82, 2.24) is 0 Å². The monoisotopic (exact) mass is 514 g/mol. The molecule has 0 aliphatic carbocycles. The zero-order valence-corrected chi connectivity index (χ0v) is 19.7. The smallest absolute Gasteiger partial charge is 0.416 e. The Labute approximate surface area is 208 Å². The number of ether oxygens (including phenoxy) is 1. The van der Waals surface area contributed by atoms with Crippen LogP contribution in [0.5, 0.6) is 5.75 Å². The number of carbonyl (C=O) groups is 3. The van der Waals surface area contributed by atoms with Crippen LogP contribution in [0.4, 0.5) is 24.5 Å². The average Bonchev–Trinajstić information content (AvgIpc) is 3.05. The minimum atomic E-state index is -4.65. The Morgan fingerprint density at radius 1 is 0.944 bits per heavy atom. The third-order valence-electron chi connectivity index (χ3n) is 5.61. The first-order valence-corrected chi connectivity index (χ1v) is 11.0. The lowest BCUT2D eigenvalue weighted by molar-refractivity contribution is -0.137. The minimum Gasteiger partial charge on any atom is -0.423 e. The predicted octanol–water partition coefficient (Wildman–Crippen LogP) is 5.98.